The average molecular weight is 206 g/mol. The van der Waals surface area contributed by atoms with Crippen molar-refractivity contribution in [1.82, 2.24) is 0 Å². The third-order valence-corrected chi connectivity index (χ3v) is 2.81. The first-order valence-electron chi connectivity index (χ1n) is 5.35. The molecule has 3 heteroatoms. The minimum atomic E-state index is -0.497. The van der Waals surface area contributed by atoms with E-state index in [9.17, 15) is 9.59 Å². The molecule has 0 aromatic carbocycles. The molecule has 0 amide bonds. The van der Waals surface area contributed by atoms with E-state index < -0.39 is 5.92 Å². The molecule has 0 bridgehead atoms. The van der Waals surface area contributed by atoms with Crippen molar-refractivity contribution in [2.24, 2.45) is 11.8 Å². The molecule has 1 aromatic rings. The van der Waals surface area contributed by atoms with Crippen LogP contribution in [0.4, 0.5) is 0 Å². The quantitative estimate of drug-likeness (QED) is 0.549. The molecular weight excluding hydrogens is 192 g/mol. The summed E-state index contributed by atoms with van der Waals surface area (Å²) in [5.41, 5.74) is 0. The molecule has 15 heavy (non-hydrogen) atoms. The Morgan fingerprint density at radius 1 is 1.53 bits per heavy atom. The standard InChI is InChI=1S/C12H14O3/c1-2-9(11(13)8-5-6-8)12(14)10-4-3-7-15-10/h3-4,7-9H,2,5-6H2,1H3. The molecule has 1 saturated carbocycles. The lowest BCUT2D eigenvalue weighted by molar-refractivity contribution is -0.122. The van der Waals surface area contributed by atoms with Crippen LogP contribution in [0.2, 0.25) is 0 Å². The van der Waals surface area contributed by atoms with E-state index in [0.29, 0.717) is 12.2 Å². The van der Waals surface area contributed by atoms with Gasteiger partial charge in [0.05, 0.1) is 12.2 Å². The molecule has 2 rings (SSSR count). The Morgan fingerprint density at radius 3 is 2.73 bits per heavy atom. The molecule has 1 aliphatic rings. The normalized spacial score (nSPS) is 17.4. The smallest absolute Gasteiger partial charge is 0.208 e. The van der Waals surface area contributed by atoms with Gasteiger partial charge >= 0.3 is 0 Å². The highest BCUT2D eigenvalue weighted by molar-refractivity contribution is 6.10. The third kappa shape index (κ3) is 2.01. The van der Waals surface area contributed by atoms with E-state index in [1.165, 1.54) is 6.26 Å². The van der Waals surface area contributed by atoms with Crippen LogP contribution in [0.25, 0.3) is 0 Å². The zero-order valence-corrected chi connectivity index (χ0v) is 8.73. The second kappa shape index (κ2) is 4.01. The van der Waals surface area contributed by atoms with Gasteiger partial charge in [0.25, 0.3) is 0 Å². The Balaban J connectivity index is 2.12. The molecule has 1 aliphatic carbocycles. The van der Waals surface area contributed by atoms with Crippen LogP contribution in [0.15, 0.2) is 22.8 Å². The fraction of sp³-hybridized carbons (Fsp3) is 0.500. The van der Waals surface area contributed by atoms with Crippen molar-refractivity contribution < 1.29 is 14.0 Å². The number of hydrogen-bond acceptors (Lipinski definition) is 3. The summed E-state index contributed by atoms with van der Waals surface area (Å²) in [5.74, 6) is -0.133. The van der Waals surface area contributed by atoms with Gasteiger partial charge in [-0.2, -0.15) is 0 Å². The van der Waals surface area contributed by atoms with Crippen LogP contribution in [0, 0.1) is 11.8 Å². The summed E-state index contributed by atoms with van der Waals surface area (Å²) < 4.78 is 5.03. The molecule has 80 valence electrons. The highest BCUT2D eigenvalue weighted by Gasteiger charge is 2.38. The Bertz CT molecular complexity index is 360. The van der Waals surface area contributed by atoms with E-state index in [1.54, 1.807) is 12.1 Å². The van der Waals surface area contributed by atoms with Gasteiger partial charge < -0.3 is 4.42 Å². The predicted octanol–water partition coefficient (Wildman–Crippen LogP) is 2.47. The molecule has 1 aromatic heterocycles. The third-order valence-electron chi connectivity index (χ3n) is 2.81. The summed E-state index contributed by atoms with van der Waals surface area (Å²) in [6, 6.07) is 3.28. The number of furan rings is 1. The van der Waals surface area contributed by atoms with Crippen molar-refractivity contribution in [3.8, 4) is 0 Å². The second-order valence-corrected chi connectivity index (χ2v) is 3.98. The lowest BCUT2D eigenvalue weighted by Crippen LogP contribution is -2.24. The summed E-state index contributed by atoms with van der Waals surface area (Å²) in [5, 5.41) is 0. The van der Waals surface area contributed by atoms with E-state index in [0.717, 1.165) is 12.8 Å². The Hall–Kier alpha value is -1.38. The van der Waals surface area contributed by atoms with E-state index in [4.69, 9.17) is 4.42 Å². The molecule has 3 nitrogen and oxygen atoms in total. The van der Waals surface area contributed by atoms with Crippen LogP contribution in [0.1, 0.15) is 36.7 Å². The molecule has 0 aliphatic heterocycles. The number of carbonyl (C=O) groups excluding carboxylic acids is 2. The fourth-order valence-electron chi connectivity index (χ4n) is 1.76. The maximum absolute atomic E-state index is 11.9. The highest BCUT2D eigenvalue weighted by Crippen LogP contribution is 2.34. The summed E-state index contributed by atoms with van der Waals surface area (Å²) in [6.45, 7) is 1.87. The van der Waals surface area contributed by atoms with Crippen molar-refractivity contribution in [2.75, 3.05) is 0 Å². The van der Waals surface area contributed by atoms with E-state index in [2.05, 4.69) is 0 Å². The number of hydrogen-bond donors (Lipinski definition) is 0. The molecule has 1 atom stereocenters. The van der Waals surface area contributed by atoms with Gasteiger partial charge in [-0.25, -0.2) is 0 Å². The summed E-state index contributed by atoms with van der Waals surface area (Å²) in [7, 11) is 0. The van der Waals surface area contributed by atoms with E-state index >= 15 is 0 Å². The van der Waals surface area contributed by atoms with E-state index in [-0.39, 0.29) is 17.5 Å². The summed E-state index contributed by atoms with van der Waals surface area (Å²) in [6.07, 6.45) is 3.91. The van der Waals surface area contributed by atoms with Gasteiger partial charge in [-0.05, 0) is 31.4 Å². The van der Waals surface area contributed by atoms with Crippen molar-refractivity contribution >= 4 is 11.6 Å². The topological polar surface area (TPSA) is 47.3 Å². The second-order valence-electron chi connectivity index (χ2n) is 3.98. The first kappa shape index (κ1) is 10.1. The minimum Gasteiger partial charge on any atom is -0.461 e. The van der Waals surface area contributed by atoms with Crippen molar-refractivity contribution in [3.63, 3.8) is 0 Å². The number of rotatable bonds is 5. The fourth-order valence-corrected chi connectivity index (χ4v) is 1.76. The van der Waals surface area contributed by atoms with Gasteiger partial charge in [-0.3, -0.25) is 9.59 Å². The molecule has 0 N–H and O–H groups in total. The van der Waals surface area contributed by atoms with Gasteiger partial charge in [0.1, 0.15) is 5.78 Å². The number of carbonyl (C=O) groups is 2. The minimum absolute atomic E-state index is 0.0962. The van der Waals surface area contributed by atoms with Crippen LogP contribution >= 0.6 is 0 Å². The zero-order chi connectivity index (χ0) is 10.8. The summed E-state index contributed by atoms with van der Waals surface area (Å²) >= 11 is 0. The van der Waals surface area contributed by atoms with Crippen LogP contribution in [0.3, 0.4) is 0 Å². The molecule has 1 fully saturated rings. The number of Topliss-reactive ketones (excluding diaryl/α,β-unsaturated/α-hetero) is 2. The molecule has 0 spiro atoms. The SMILES string of the molecule is CCC(C(=O)c1ccco1)C(=O)C1CC1. The maximum Gasteiger partial charge on any atom is 0.208 e. The lowest BCUT2D eigenvalue weighted by Gasteiger charge is -2.09. The van der Waals surface area contributed by atoms with Gasteiger partial charge in [-0.15, -0.1) is 0 Å². The average Bonchev–Trinajstić information content (AvgIpc) is 2.94. The molecule has 0 radical (unpaired) electrons. The van der Waals surface area contributed by atoms with Crippen molar-refractivity contribution in [2.45, 2.75) is 26.2 Å². The Morgan fingerprint density at radius 2 is 2.27 bits per heavy atom. The van der Waals surface area contributed by atoms with E-state index in [1.807, 2.05) is 6.92 Å². The molecular formula is C12H14O3. The van der Waals surface area contributed by atoms with Gasteiger partial charge in [0, 0.05) is 5.92 Å². The number of ketones is 2. The Labute approximate surface area is 88.5 Å². The van der Waals surface area contributed by atoms with Gasteiger partial charge in [-0.1, -0.05) is 6.92 Å². The molecule has 1 unspecified atom stereocenters. The zero-order valence-electron chi connectivity index (χ0n) is 8.73. The van der Waals surface area contributed by atoms with Crippen molar-refractivity contribution in [3.05, 3.63) is 24.2 Å². The predicted molar refractivity (Wildman–Crippen MR) is 54.6 cm³/mol. The van der Waals surface area contributed by atoms with Crippen LogP contribution in [-0.4, -0.2) is 11.6 Å². The van der Waals surface area contributed by atoms with Crippen LogP contribution < -0.4 is 0 Å². The van der Waals surface area contributed by atoms with Crippen LogP contribution in [-0.2, 0) is 4.79 Å². The molecule has 1 heterocycles. The first-order chi connectivity index (χ1) is 7.24. The Kier molecular flexibility index (Phi) is 2.71. The lowest BCUT2D eigenvalue weighted by atomic mass is 9.92. The van der Waals surface area contributed by atoms with Gasteiger partial charge in [0.15, 0.2) is 5.76 Å². The maximum atomic E-state index is 11.9. The highest BCUT2D eigenvalue weighted by atomic mass is 16.3. The van der Waals surface area contributed by atoms with Crippen molar-refractivity contribution in [1.29, 1.82) is 0 Å². The largest absolute Gasteiger partial charge is 0.461 e. The van der Waals surface area contributed by atoms with Gasteiger partial charge in [0.2, 0.25) is 5.78 Å². The molecule has 0 saturated heterocycles. The first-order valence-corrected chi connectivity index (χ1v) is 5.35. The van der Waals surface area contributed by atoms with Crippen LogP contribution in [0.5, 0.6) is 0 Å². The monoisotopic (exact) mass is 206 g/mol. The summed E-state index contributed by atoms with van der Waals surface area (Å²) in [4.78, 5) is 23.7.